The zero-order valence-corrected chi connectivity index (χ0v) is 10.8. The third-order valence-corrected chi connectivity index (χ3v) is 3.81. The van der Waals surface area contributed by atoms with Crippen LogP contribution in [0.5, 0.6) is 11.5 Å². The van der Waals surface area contributed by atoms with Crippen LogP contribution in [-0.4, -0.2) is 21.9 Å². The third-order valence-electron chi connectivity index (χ3n) is 3.81. The highest BCUT2D eigenvalue weighted by Gasteiger charge is 2.45. The zero-order valence-electron chi connectivity index (χ0n) is 10.8. The second-order valence-corrected chi connectivity index (χ2v) is 5.08. The van der Waals surface area contributed by atoms with Crippen LogP contribution in [0.25, 0.3) is 0 Å². The van der Waals surface area contributed by atoms with Gasteiger partial charge in [-0.05, 0) is 19.1 Å². The molecule has 0 saturated heterocycles. The summed E-state index contributed by atoms with van der Waals surface area (Å²) < 4.78 is 13.2. The fourth-order valence-electron chi connectivity index (χ4n) is 2.89. The van der Waals surface area contributed by atoms with Crippen LogP contribution in [0.3, 0.4) is 0 Å². The number of anilines is 1. The normalized spacial score (nSPS) is 26.7. The molecule has 19 heavy (non-hydrogen) atoms. The van der Waals surface area contributed by atoms with Crippen molar-refractivity contribution in [1.82, 2.24) is 14.8 Å². The van der Waals surface area contributed by atoms with E-state index in [0.717, 1.165) is 29.4 Å². The average molecular weight is 258 g/mol. The fraction of sp³-hybridized carbons (Fsp3) is 0.385. The molecule has 0 radical (unpaired) electrons. The van der Waals surface area contributed by atoms with Crippen molar-refractivity contribution in [1.29, 1.82) is 0 Å². The second-order valence-electron chi connectivity index (χ2n) is 5.08. The molecule has 1 aromatic carbocycles. The highest BCUT2D eigenvalue weighted by atomic mass is 16.5. The maximum absolute atomic E-state index is 6.16. The van der Waals surface area contributed by atoms with E-state index in [-0.39, 0.29) is 6.04 Å². The van der Waals surface area contributed by atoms with Gasteiger partial charge in [0.1, 0.15) is 17.8 Å². The first kappa shape index (κ1) is 10.7. The predicted molar refractivity (Wildman–Crippen MR) is 68.3 cm³/mol. The first-order valence-corrected chi connectivity index (χ1v) is 6.24. The second kappa shape index (κ2) is 3.40. The molecule has 6 nitrogen and oxygen atoms in total. The maximum Gasteiger partial charge on any atom is 0.225 e. The molecular weight excluding hydrogens is 244 g/mol. The molecule has 4 rings (SSSR count). The average Bonchev–Trinajstić information content (AvgIpc) is 2.87. The maximum atomic E-state index is 6.16. The van der Waals surface area contributed by atoms with Crippen molar-refractivity contribution in [3.8, 4) is 11.5 Å². The number of ether oxygens (including phenoxy) is 2. The van der Waals surface area contributed by atoms with Gasteiger partial charge in [0.2, 0.25) is 11.7 Å². The number of nitrogens with zero attached hydrogens (tertiary/aromatic N) is 3. The van der Waals surface area contributed by atoms with E-state index in [9.17, 15) is 0 Å². The van der Waals surface area contributed by atoms with Crippen LogP contribution in [0.15, 0.2) is 24.5 Å². The first-order valence-electron chi connectivity index (χ1n) is 6.24. The molecule has 6 heteroatoms. The molecule has 1 aromatic heterocycles. The molecule has 3 heterocycles. The number of fused-ring (bicyclic) bond motifs is 6. The van der Waals surface area contributed by atoms with Gasteiger partial charge in [0.25, 0.3) is 0 Å². The van der Waals surface area contributed by atoms with E-state index in [0.29, 0.717) is 0 Å². The number of aromatic nitrogens is 3. The van der Waals surface area contributed by atoms with Crippen molar-refractivity contribution in [2.24, 2.45) is 0 Å². The summed E-state index contributed by atoms with van der Waals surface area (Å²) in [6.45, 7) is 2.03. The molecule has 2 aromatic rings. The summed E-state index contributed by atoms with van der Waals surface area (Å²) in [6.07, 6.45) is 2.37. The Bertz CT molecular complexity index is 654. The van der Waals surface area contributed by atoms with Gasteiger partial charge in [-0.15, -0.1) is 0 Å². The first-order chi connectivity index (χ1) is 9.19. The number of benzene rings is 1. The van der Waals surface area contributed by atoms with Crippen molar-refractivity contribution in [2.75, 3.05) is 12.4 Å². The minimum atomic E-state index is -0.499. The molecule has 2 aliphatic rings. The quantitative estimate of drug-likeness (QED) is 0.846. The van der Waals surface area contributed by atoms with E-state index in [2.05, 4.69) is 15.4 Å². The number of nitrogens with one attached hydrogen (secondary N) is 1. The lowest BCUT2D eigenvalue weighted by Gasteiger charge is -2.44. The van der Waals surface area contributed by atoms with E-state index in [1.54, 1.807) is 18.1 Å². The molecule has 0 aliphatic carbocycles. The highest BCUT2D eigenvalue weighted by Crippen LogP contribution is 2.47. The summed E-state index contributed by atoms with van der Waals surface area (Å²) in [5.41, 5.74) is 0.633. The molecule has 0 spiro atoms. The predicted octanol–water partition coefficient (Wildman–Crippen LogP) is 1.91. The van der Waals surface area contributed by atoms with Crippen molar-refractivity contribution in [3.63, 3.8) is 0 Å². The van der Waals surface area contributed by atoms with Crippen molar-refractivity contribution in [2.45, 2.75) is 25.1 Å². The van der Waals surface area contributed by atoms with E-state index >= 15 is 0 Å². The summed E-state index contributed by atoms with van der Waals surface area (Å²) in [5.74, 6) is 2.38. The van der Waals surface area contributed by atoms with Crippen LogP contribution < -0.4 is 14.8 Å². The largest absolute Gasteiger partial charge is 0.497 e. The van der Waals surface area contributed by atoms with Gasteiger partial charge >= 0.3 is 0 Å². The topological polar surface area (TPSA) is 61.2 Å². The molecule has 98 valence electrons. The summed E-state index contributed by atoms with van der Waals surface area (Å²) in [7, 11) is 1.65. The van der Waals surface area contributed by atoms with E-state index in [4.69, 9.17) is 9.47 Å². The molecule has 0 amide bonds. The molecular formula is C13H14N4O2. The minimum Gasteiger partial charge on any atom is -0.497 e. The smallest absolute Gasteiger partial charge is 0.225 e. The van der Waals surface area contributed by atoms with Gasteiger partial charge in [0, 0.05) is 18.1 Å². The summed E-state index contributed by atoms with van der Waals surface area (Å²) in [6, 6.07) is 6.10. The molecule has 2 unspecified atom stereocenters. The van der Waals surface area contributed by atoms with Crippen LogP contribution in [0, 0.1) is 0 Å². The minimum absolute atomic E-state index is 0.191. The molecule has 0 fully saturated rings. The van der Waals surface area contributed by atoms with Gasteiger partial charge in [0.05, 0.1) is 13.2 Å². The molecule has 1 N–H and O–H groups in total. The monoisotopic (exact) mass is 258 g/mol. The Morgan fingerprint density at radius 1 is 1.53 bits per heavy atom. The van der Waals surface area contributed by atoms with E-state index < -0.39 is 5.72 Å². The zero-order chi connectivity index (χ0) is 13.0. The van der Waals surface area contributed by atoms with Crippen LogP contribution in [0.1, 0.15) is 24.9 Å². The Kier molecular flexibility index (Phi) is 1.91. The van der Waals surface area contributed by atoms with Gasteiger partial charge in [0.15, 0.2) is 0 Å². The number of hydrogen-bond donors (Lipinski definition) is 1. The summed E-state index contributed by atoms with van der Waals surface area (Å²) >= 11 is 0. The summed E-state index contributed by atoms with van der Waals surface area (Å²) in [4.78, 5) is 4.23. The van der Waals surface area contributed by atoms with Gasteiger partial charge in [-0.3, -0.25) is 0 Å². The number of hydrogen-bond acceptors (Lipinski definition) is 5. The Balaban J connectivity index is 1.87. The van der Waals surface area contributed by atoms with Gasteiger partial charge < -0.3 is 14.8 Å². The van der Waals surface area contributed by atoms with Gasteiger partial charge in [-0.2, -0.15) is 14.8 Å². The molecule has 0 saturated carbocycles. The van der Waals surface area contributed by atoms with Crippen molar-refractivity contribution < 1.29 is 9.47 Å². The van der Waals surface area contributed by atoms with Crippen LogP contribution in [0.4, 0.5) is 5.95 Å². The van der Waals surface area contributed by atoms with Gasteiger partial charge in [-0.1, -0.05) is 0 Å². The third kappa shape index (κ3) is 1.36. The van der Waals surface area contributed by atoms with Crippen LogP contribution >= 0.6 is 0 Å². The van der Waals surface area contributed by atoms with Gasteiger partial charge in [-0.25, -0.2) is 0 Å². The van der Waals surface area contributed by atoms with Crippen LogP contribution in [-0.2, 0) is 5.72 Å². The Hall–Kier alpha value is -2.24. The van der Waals surface area contributed by atoms with E-state index in [1.165, 1.54) is 0 Å². The lowest BCUT2D eigenvalue weighted by Crippen LogP contribution is -2.47. The SMILES string of the molecule is COc1ccc2c(c1)OC1(C)CC2Nc2ncnn21. The highest BCUT2D eigenvalue weighted by molar-refractivity contribution is 5.49. The van der Waals surface area contributed by atoms with Crippen molar-refractivity contribution in [3.05, 3.63) is 30.1 Å². The van der Waals surface area contributed by atoms with Crippen LogP contribution in [0.2, 0.25) is 0 Å². The lowest BCUT2D eigenvalue weighted by atomic mass is 9.92. The number of methoxy groups -OCH3 is 1. The van der Waals surface area contributed by atoms with E-state index in [1.807, 2.05) is 25.1 Å². The Morgan fingerprint density at radius 3 is 3.26 bits per heavy atom. The Morgan fingerprint density at radius 2 is 2.42 bits per heavy atom. The standard InChI is InChI=1S/C13H14N4O2/c1-13-6-10(16-12-14-7-15-17(12)13)9-4-3-8(18-2)5-11(9)19-13/h3-5,7,10H,6H2,1-2H3,(H,14,15,16). The van der Waals surface area contributed by atoms with Crippen molar-refractivity contribution >= 4 is 5.95 Å². The molecule has 2 atom stereocenters. The summed E-state index contributed by atoms with van der Waals surface area (Å²) in [5, 5.41) is 7.65. The molecule has 2 bridgehead atoms. The molecule has 2 aliphatic heterocycles. The fourth-order valence-corrected chi connectivity index (χ4v) is 2.89. The Labute approximate surface area is 110 Å². The lowest BCUT2D eigenvalue weighted by molar-refractivity contribution is -0.0347. The number of rotatable bonds is 1.